The fourth-order valence-electron chi connectivity index (χ4n) is 2.84. The predicted octanol–water partition coefficient (Wildman–Crippen LogP) is 2.15. The van der Waals surface area contributed by atoms with Gasteiger partial charge >= 0.3 is 0 Å². The molecule has 0 aromatic heterocycles. The summed E-state index contributed by atoms with van der Waals surface area (Å²) in [5, 5.41) is 2.75. The molecule has 1 saturated heterocycles. The number of hydrogen-bond acceptors (Lipinski definition) is 3. The zero-order valence-corrected chi connectivity index (χ0v) is 13.2. The summed E-state index contributed by atoms with van der Waals surface area (Å²) in [6.45, 7) is 0.738. The minimum Gasteiger partial charge on any atom is -0.496 e. The lowest BCUT2D eigenvalue weighted by Crippen LogP contribution is -2.52. The highest BCUT2D eigenvalue weighted by Gasteiger charge is 2.35. The average molecular weight is 328 g/mol. The van der Waals surface area contributed by atoms with Gasteiger partial charge in [-0.25, -0.2) is 4.39 Å². The Labute approximate surface area is 139 Å². The number of carbonyl (C=O) groups is 2. The Kier molecular flexibility index (Phi) is 4.46. The number of rotatable bonds is 3. The number of piperazine rings is 1. The van der Waals surface area contributed by atoms with Crippen LogP contribution < -0.4 is 10.1 Å². The minimum absolute atomic E-state index is 0.281. The third-order valence-electron chi connectivity index (χ3n) is 4.00. The first-order chi connectivity index (χ1) is 11.6. The molecule has 0 bridgehead atoms. The second-order valence-corrected chi connectivity index (χ2v) is 5.44. The number of benzene rings is 2. The lowest BCUT2D eigenvalue weighted by atomic mass is 10.0. The van der Waals surface area contributed by atoms with E-state index < -0.39 is 11.9 Å². The molecule has 0 spiro atoms. The summed E-state index contributed by atoms with van der Waals surface area (Å²) in [6.07, 6.45) is 0. The SMILES string of the molecule is COc1ccccc1C(=O)N1CCNC(=O)C1c1ccc(F)cc1. The van der Waals surface area contributed by atoms with Gasteiger partial charge < -0.3 is 15.0 Å². The fraction of sp³-hybridized carbons (Fsp3) is 0.222. The van der Waals surface area contributed by atoms with Crippen LogP contribution in [0, 0.1) is 5.82 Å². The molecule has 1 aliphatic heterocycles. The summed E-state index contributed by atoms with van der Waals surface area (Å²) in [5.74, 6) is -0.517. The maximum Gasteiger partial charge on any atom is 0.258 e. The van der Waals surface area contributed by atoms with E-state index in [-0.39, 0.29) is 11.8 Å². The van der Waals surface area contributed by atoms with Gasteiger partial charge in [0.15, 0.2) is 0 Å². The number of amides is 2. The molecular formula is C18H17FN2O3. The van der Waals surface area contributed by atoms with Crippen LogP contribution in [0.5, 0.6) is 5.75 Å². The van der Waals surface area contributed by atoms with E-state index >= 15 is 0 Å². The van der Waals surface area contributed by atoms with Gasteiger partial charge in [0.2, 0.25) is 5.91 Å². The van der Waals surface area contributed by atoms with Crippen LogP contribution in [0.2, 0.25) is 0 Å². The second kappa shape index (κ2) is 6.70. The topological polar surface area (TPSA) is 58.6 Å². The van der Waals surface area contributed by atoms with Gasteiger partial charge in [0.05, 0.1) is 12.7 Å². The Hall–Kier alpha value is -2.89. The van der Waals surface area contributed by atoms with Gasteiger partial charge in [-0.15, -0.1) is 0 Å². The van der Waals surface area contributed by atoms with Gasteiger partial charge in [0.25, 0.3) is 5.91 Å². The van der Waals surface area contributed by atoms with Crippen LogP contribution in [-0.4, -0.2) is 36.9 Å². The Morgan fingerprint density at radius 1 is 1.21 bits per heavy atom. The van der Waals surface area contributed by atoms with Crippen LogP contribution in [0.3, 0.4) is 0 Å². The summed E-state index contributed by atoms with van der Waals surface area (Å²) < 4.78 is 18.4. The first kappa shape index (κ1) is 16.0. The molecule has 1 unspecified atom stereocenters. The fourth-order valence-corrected chi connectivity index (χ4v) is 2.84. The minimum atomic E-state index is -0.795. The van der Waals surface area contributed by atoms with Gasteiger partial charge in [-0.1, -0.05) is 24.3 Å². The molecule has 0 aliphatic carbocycles. The molecule has 1 aliphatic rings. The number of carbonyl (C=O) groups excluding carboxylic acids is 2. The van der Waals surface area contributed by atoms with E-state index in [0.29, 0.717) is 30.0 Å². The van der Waals surface area contributed by atoms with Gasteiger partial charge in [0, 0.05) is 13.1 Å². The zero-order valence-electron chi connectivity index (χ0n) is 13.2. The third kappa shape index (κ3) is 2.95. The Bertz CT molecular complexity index is 761. The summed E-state index contributed by atoms with van der Waals surface area (Å²) >= 11 is 0. The van der Waals surface area contributed by atoms with Crippen molar-refractivity contribution in [3.8, 4) is 5.75 Å². The molecule has 2 amide bonds. The van der Waals surface area contributed by atoms with Crippen molar-refractivity contribution in [2.45, 2.75) is 6.04 Å². The van der Waals surface area contributed by atoms with Gasteiger partial charge in [0.1, 0.15) is 17.6 Å². The van der Waals surface area contributed by atoms with E-state index in [9.17, 15) is 14.0 Å². The largest absolute Gasteiger partial charge is 0.496 e. The van der Waals surface area contributed by atoms with E-state index in [0.717, 1.165) is 0 Å². The number of para-hydroxylation sites is 1. The smallest absolute Gasteiger partial charge is 0.258 e. The van der Waals surface area contributed by atoms with Crippen molar-refractivity contribution in [3.05, 3.63) is 65.5 Å². The Morgan fingerprint density at radius 2 is 1.92 bits per heavy atom. The van der Waals surface area contributed by atoms with Crippen molar-refractivity contribution < 1.29 is 18.7 Å². The van der Waals surface area contributed by atoms with E-state index in [4.69, 9.17) is 4.74 Å². The Balaban J connectivity index is 1.98. The molecule has 1 N–H and O–H groups in total. The van der Waals surface area contributed by atoms with Crippen LogP contribution in [0.15, 0.2) is 48.5 Å². The van der Waals surface area contributed by atoms with Crippen molar-refractivity contribution in [2.75, 3.05) is 20.2 Å². The quantitative estimate of drug-likeness (QED) is 0.939. The molecule has 1 fully saturated rings. The van der Waals surface area contributed by atoms with Gasteiger partial charge in [-0.05, 0) is 29.8 Å². The standard InChI is InChI=1S/C18H17FN2O3/c1-24-15-5-3-2-4-14(15)18(23)21-11-10-20-17(22)16(21)12-6-8-13(19)9-7-12/h2-9,16H,10-11H2,1H3,(H,20,22). The maximum atomic E-state index is 13.2. The highest BCUT2D eigenvalue weighted by Crippen LogP contribution is 2.28. The molecule has 1 heterocycles. The molecule has 1 atom stereocenters. The van der Waals surface area contributed by atoms with Crippen molar-refractivity contribution in [3.63, 3.8) is 0 Å². The summed E-state index contributed by atoms with van der Waals surface area (Å²) in [5.41, 5.74) is 0.957. The van der Waals surface area contributed by atoms with Crippen LogP contribution >= 0.6 is 0 Å². The number of nitrogens with zero attached hydrogens (tertiary/aromatic N) is 1. The molecule has 6 heteroatoms. The highest BCUT2D eigenvalue weighted by molar-refractivity contribution is 6.00. The summed E-state index contributed by atoms with van der Waals surface area (Å²) in [6, 6.07) is 11.7. The molecule has 24 heavy (non-hydrogen) atoms. The number of methoxy groups -OCH3 is 1. The summed E-state index contributed by atoms with van der Waals surface area (Å²) in [7, 11) is 1.49. The molecular weight excluding hydrogens is 311 g/mol. The molecule has 3 rings (SSSR count). The van der Waals surface area contributed by atoms with E-state index in [1.54, 1.807) is 24.3 Å². The normalized spacial score (nSPS) is 17.3. The van der Waals surface area contributed by atoms with E-state index in [2.05, 4.69) is 5.32 Å². The zero-order chi connectivity index (χ0) is 17.1. The molecule has 2 aromatic carbocycles. The molecule has 0 radical (unpaired) electrons. The first-order valence-corrected chi connectivity index (χ1v) is 7.59. The summed E-state index contributed by atoms with van der Waals surface area (Å²) in [4.78, 5) is 26.8. The number of nitrogens with one attached hydrogen (secondary N) is 1. The Morgan fingerprint density at radius 3 is 2.62 bits per heavy atom. The van der Waals surface area contributed by atoms with Gasteiger partial charge in [-0.3, -0.25) is 9.59 Å². The highest BCUT2D eigenvalue weighted by atomic mass is 19.1. The molecule has 124 valence electrons. The predicted molar refractivity (Wildman–Crippen MR) is 86.2 cm³/mol. The van der Waals surface area contributed by atoms with E-state index in [1.165, 1.54) is 36.3 Å². The monoisotopic (exact) mass is 328 g/mol. The maximum absolute atomic E-state index is 13.2. The van der Waals surface area contributed by atoms with Gasteiger partial charge in [-0.2, -0.15) is 0 Å². The molecule has 5 nitrogen and oxygen atoms in total. The van der Waals surface area contributed by atoms with Crippen molar-refractivity contribution >= 4 is 11.8 Å². The second-order valence-electron chi connectivity index (χ2n) is 5.44. The van der Waals surface area contributed by atoms with Crippen LogP contribution in [0.4, 0.5) is 4.39 Å². The lowest BCUT2D eigenvalue weighted by molar-refractivity contribution is -0.128. The molecule has 2 aromatic rings. The van der Waals surface area contributed by atoms with Crippen LogP contribution in [0.25, 0.3) is 0 Å². The molecule has 0 saturated carbocycles. The number of hydrogen-bond donors (Lipinski definition) is 1. The lowest BCUT2D eigenvalue weighted by Gasteiger charge is -2.35. The van der Waals surface area contributed by atoms with Crippen molar-refractivity contribution in [1.29, 1.82) is 0 Å². The van der Waals surface area contributed by atoms with Crippen LogP contribution in [0.1, 0.15) is 22.0 Å². The van der Waals surface area contributed by atoms with Crippen molar-refractivity contribution in [1.82, 2.24) is 10.2 Å². The average Bonchev–Trinajstić information content (AvgIpc) is 2.62. The third-order valence-corrected chi connectivity index (χ3v) is 4.00. The number of halogens is 1. The first-order valence-electron chi connectivity index (χ1n) is 7.59. The number of ether oxygens (including phenoxy) is 1. The van der Waals surface area contributed by atoms with Crippen LogP contribution in [-0.2, 0) is 4.79 Å². The van der Waals surface area contributed by atoms with Crippen molar-refractivity contribution in [2.24, 2.45) is 0 Å². The van der Waals surface area contributed by atoms with E-state index in [1.807, 2.05) is 0 Å².